The van der Waals surface area contributed by atoms with Crippen LogP contribution in [-0.2, 0) is 9.47 Å². The molecule has 10 heteroatoms. The van der Waals surface area contributed by atoms with Crippen molar-refractivity contribution >= 4 is 0 Å². The van der Waals surface area contributed by atoms with Gasteiger partial charge in [-0.1, -0.05) is 27.7 Å². The molecule has 10 nitrogen and oxygen atoms in total. The van der Waals surface area contributed by atoms with E-state index in [9.17, 15) is 40.9 Å². The second-order valence-corrected chi connectivity index (χ2v) is 18.2. The Morgan fingerprint density at radius 2 is 1.51 bits per heavy atom. The van der Waals surface area contributed by atoms with Gasteiger partial charge < -0.3 is 50.3 Å². The summed E-state index contributed by atoms with van der Waals surface area (Å²) in [6, 6.07) is 0. The second-order valence-electron chi connectivity index (χ2n) is 18.2. The van der Waals surface area contributed by atoms with Crippen molar-refractivity contribution in [2.45, 2.75) is 166 Å². The number of ether oxygens (including phenoxy) is 2. The third kappa shape index (κ3) is 4.71. The van der Waals surface area contributed by atoms with Crippen LogP contribution in [0.1, 0.15) is 106 Å². The van der Waals surface area contributed by atoms with E-state index in [1.165, 1.54) is 0 Å². The Balaban J connectivity index is 1.24. The van der Waals surface area contributed by atoms with Crippen LogP contribution < -0.4 is 0 Å². The van der Waals surface area contributed by atoms with E-state index < -0.39 is 65.4 Å². The largest absolute Gasteiger partial charge is 0.393 e. The molecule has 6 aliphatic rings. The second kappa shape index (κ2) is 10.6. The van der Waals surface area contributed by atoms with Crippen LogP contribution in [0.5, 0.6) is 0 Å². The highest BCUT2D eigenvalue weighted by Gasteiger charge is 2.84. The zero-order valence-electron chi connectivity index (χ0n) is 28.3. The van der Waals surface area contributed by atoms with Crippen LogP contribution >= 0.6 is 0 Å². The lowest BCUT2D eigenvalue weighted by atomic mass is 9.41. The van der Waals surface area contributed by atoms with Crippen molar-refractivity contribution in [1.29, 1.82) is 0 Å². The molecule has 0 aromatic heterocycles. The maximum absolute atomic E-state index is 12.1. The number of aliphatic hydroxyl groups excluding tert-OH is 6. The third-order valence-electron chi connectivity index (χ3n) is 15.1. The van der Waals surface area contributed by atoms with Crippen LogP contribution in [0.4, 0.5) is 0 Å². The molecule has 16 atom stereocenters. The predicted octanol–water partition coefficient (Wildman–Crippen LogP) is 1.85. The first-order chi connectivity index (χ1) is 20.6. The van der Waals surface area contributed by atoms with Crippen molar-refractivity contribution < 1.29 is 50.3 Å². The molecule has 1 aliphatic heterocycles. The van der Waals surface area contributed by atoms with Crippen molar-refractivity contribution in [3.05, 3.63) is 0 Å². The molecule has 0 amide bonds. The summed E-state index contributed by atoms with van der Waals surface area (Å²) in [5.74, 6) is -0.249. The molecule has 0 bridgehead atoms. The summed E-state index contributed by atoms with van der Waals surface area (Å²) >= 11 is 0. The van der Waals surface area contributed by atoms with Gasteiger partial charge in [0.1, 0.15) is 18.3 Å². The number of rotatable bonds is 7. The first-order valence-corrected chi connectivity index (χ1v) is 17.4. The lowest BCUT2D eigenvalue weighted by molar-refractivity contribution is -0.306. The minimum absolute atomic E-state index is 0.0299. The van der Waals surface area contributed by atoms with Crippen molar-refractivity contribution in [3.63, 3.8) is 0 Å². The molecule has 6 fully saturated rings. The molecular formula is C35H60O10. The molecular weight excluding hydrogens is 580 g/mol. The van der Waals surface area contributed by atoms with E-state index in [1.807, 2.05) is 0 Å². The highest BCUT2D eigenvalue weighted by Crippen LogP contribution is 2.89. The lowest BCUT2D eigenvalue weighted by Crippen LogP contribution is -2.63. The molecule has 1 saturated heterocycles. The van der Waals surface area contributed by atoms with E-state index in [-0.39, 0.29) is 59.0 Å². The molecule has 0 aromatic rings. The van der Waals surface area contributed by atoms with Gasteiger partial charge in [-0.05, 0) is 117 Å². The Hall–Kier alpha value is -0.400. The van der Waals surface area contributed by atoms with Crippen LogP contribution in [0.3, 0.4) is 0 Å². The molecule has 6 rings (SSSR count). The highest BCUT2D eigenvalue weighted by atomic mass is 16.7. The smallest absolute Gasteiger partial charge is 0.186 e. The minimum Gasteiger partial charge on any atom is -0.393 e. The van der Waals surface area contributed by atoms with Gasteiger partial charge in [-0.25, -0.2) is 0 Å². The summed E-state index contributed by atoms with van der Waals surface area (Å²) in [6.45, 7) is 13.6. The Morgan fingerprint density at radius 3 is 2.16 bits per heavy atom. The summed E-state index contributed by atoms with van der Waals surface area (Å²) in [6.07, 6.45) is -1.41. The molecule has 0 unspecified atom stereocenters. The Bertz CT molecular complexity index is 1140. The molecule has 0 radical (unpaired) electrons. The van der Waals surface area contributed by atoms with Crippen LogP contribution in [-0.4, -0.2) is 108 Å². The maximum Gasteiger partial charge on any atom is 0.186 e. The minimum atomic E-state index is -1.36. The highest BCUT2D eigenvalue weighted by molar-refractivity contribution is 5.33. The van der Waals surface area contributed by atoms with E-state index in [0.717, 1.165) is 32.1 Å². The van der Waals surface area contributed by atoms with Crippen molar-refractivity contribution in [1.82, 2.24) is 0 Å². The van der Waals surface area contributed by atoms with Crippen molar-refractivity contribution in [2.24, 2.45) is 44.8 Å². The molecule has 5 saturated carbocycles. The number of hydrogen-bond donors (Lipinski definition) is 8. The van der Waals surface area contributed by atoms with Crippen molar-refractivity contribution in [3.8, 4) is 0 Å². The standard InChI is InChI=1S/C35H60O10/c1-29(2)23(45-28-25(41)24(40)20(38)16-44-28)9-11-35-17-34(35)13-12-31(5)27(33(7,43)10-8-22(39)30(3,4)42)19(37)15-32(31,6)21(34)14-18(36)26(29)35/h18-28,36-43H,8-17H2,1-7H3/t18-,19-,20+,21-,22-,23-,24-,25+,26-,27-,28-,31+,32-,33-,34-,35+/m0/s1. The fourth-order valence-electron chi connectivity index (χ4n) is 12.8. The van der Waals surface area contributed by atoms with E-state index in [2.05, 4.69) is 27.7 Å². The first kappa shape index (κ1) is 34.5. The van der Waals surface area contributed by atoms with E-state index in [4.69, 9.17) is 9.47 Å². The fourth-order valence-corrected chi connectivity index (χ4v) is 12.8. The number of hydrogen-bond acceptors (Lipinski definition) is 10. The predicted molar refractivity (Wildman–Crippen MR) is 164 cm³/mol. The average Bonchev–Trinajstić information content (AvgIpc) is 3.51. The number of aliphatic hydroxyl groups is 8. The molecule has 2 spiro atoms. The Morgan fingerprint density at radius 1 is 0.844 bits per heavy atom. The normalized spacial score (nSPS) is 54.2. The van der Waals surface area contributed by atoms with Crippen LogP contribution in [0.25, 0.3) is 0 Å². The quantitative estimate of drug-likeness (QED) is 0.191. The molecule has 260 valence electrons. The fraction of sp³-hybridized carbons (Fsp3) is 1.00. The molecule has 45 heavy (non-hydrogen) atoms. The van der Waals surface area contributed by atoms with Gasteiger partial charge >= 0.3 is 0 Å². The summed E-state index contributed by atoms with van der Waals surface area (Å²) in [5.41, 5.74) is -3.68. The molecule has 0 aromatic carbocycles. The van der Waals surface area contributed by atoms with E-state index in [1.54, 1.807) is 20.8 Å². The summed E-state index contributed by atoms with van der Waals surface area (Å²) in [7, 11) is 0. The van der Waals surface area contributed by atoms with Crippen molar-refractivity contribution in [2.75, 3.05) is 6.61 Å². The van der Waals surface area contributed by atoms with Gasteiger partial charge in [-0.3, -0.25) is 0 Å². The van der Waals surface area contributed by atoms with Gasteiger partial charge in [0.25, 0.3) is 0 Å². The maximum atomic E-state index is 12.1. The van der Waals surface area contributed by atoms with Crippen LogP contribution in [0, 0.1) is 44.8 Å². The van der Waals surface area contributed by atoms with E-state index in [0.29, 0.717) is 12.8 Å². The monoisotopic (exact) mass is 640 g/mol. The summed E-state index contributed by atoms with van der Waals surface area (Å²) < 4.78 is 12.0. The molecule has 5 aliphatic carbocycles. The van der Waals surface area contributed by atoms with Gasteiger partial charge in [0.2, 0.25) is 0 Å². The zero-order chi connectivity index (χ0) is 33.3. The average molecular weight is 641 g/mol. The Labute approximate surface area is 268 Å². The number of fused-ring (bicyclic) bond motifs is 2. The van der Waals surface area contributed by atoms with Crippen LogP contribution in [0.15, 0.2) is 0 Å². The zero-order valence-corrected chi connectivity index (χ0v) is 28.3. The summed E-state index contributed by atoms with van der Waals surface area (Å²) in [5, 5.41) is 87.2. The molecule has 1 heterocycles. The van der Waals surface area contributed by atoms with Gasteiger partial charge in [0.05, 0.1) is 42.2 Å². The Kier molecular flexibility index (Phi) is 8.08. The first-order valence-electron chi connectivity index (χ1n) is 17.4. The van der Waals surface area contributed by atoms with Gasteiger partial charge in [-0.2, -0.15) is 0 Å². The van der Waals surface area contributed by atoms with Crippen LogP contribution in [0.2, 0.25) is 0 Å². The lowest BCUT2D eigenvalue weighted by Gasteiger charge is -2.64. The van der Waals surface area contributed by atoms with Gasteiger partial charge in [0.15, 0.2) is 6.29 Å². The van der Waals surface area contributed by atoms with Gasteiger partial charge in [-0.15, -0.1) is 0 Å². The van der Waals surface area contributed by atoms with Gasteiger partial charge in [0, 0.05) is 5.92 Å². The topological polar surface area (TPSA) is 180 Å². The van der Waals surface area contributed by atoms with E-state index >= 15 is 0 Å². The third-order valence-corrected chi connectivity index (χ3v) is 15.1. The SMILES string of the molecule is CC(C)(O)[C@@H](O)CC[C@](C)(O)[C@H]1[C@@H](O)C[C@@]2(C)[C@@H]3C[C@H](O)[C@H]4C(C)(C)[C@@H](O[C@@H]5OC[C@@H](O)[C@H](O)[C@H]5O)CC[C@@]45C[C@@]35CC[C@]12C. The summed E-state index contributed by atoms with van der Waals surface area (Å²) in [4.78, 5) is 0. The molecule has 8 N–H and O–H groups in total.